The SMILES string of the molecule is Cc1ccccc1-n1nc2c(c1NC(=O)COc1cccc3ccccc13)CSC2. The molecule has 0 saturated carbocycles. The van der Waals surface area contributed by atoms with Crippen LogP contribution in [0.5, 0.6) is 5.75 Å². The molecule has 1 amide bonds. The summed E-state index contributed by atoms with van der Waals surface area (Å²) in [6.07, 6.45) is 0. The highest BCUT2D eigenvalue weighted by Gasteiger charge is 2.25. The topological polar surface area (TPSA) is 56.2 Å². The number of hydrogen-bond donors (Lipinski definition) is 1. The van der Waals surface area contributed by atoms with Crippen molar-refractivity contribution in [3.05, 3.63) is 83.6 Å². The molecule has 3 aromatic carbocycles. The average Bonchev–Trinajstić information content (AvgIpc) is 3.35. The molecule has 150 valence electrons. The smallest absolute Gasteiger partial charge is 0.263 e. The second-order valence-corrected chi connectivity index (χ2v) is 8.26. The zero-order chi connectivity index (χ0) is 20.5. The standard InChI is InChI=1S/C24H21N3O2S/c1-16-7-2-5-11-21(16)27-24(19-14-30-15-20(19)26-27)25-23(28)13-29-22-12-6-9-17-8-3-4-10-18(17)22/h2-12H,13-15H2,1H3,(H,25,28). The zero-order valence-electron chi connectivity index (χ0n) is 16.6. The van der Waals surface area contributed by atoms with Gasteiger partial charge in [-0.25, -0.2) is 4.68 Å². The van der Waals surface area contributed by atoms with Crippen molar-refractivity contribution in [2.75, 3.05) is 11.9 Å². The Balaban J connectivity index is 1.39. The number of carbonyl (C=O) groups excluding carboxylic acids is 1. The first kappa shape index (κ1) is 18.8. The lowest BCUT2D eigenvalue weighted by molar-refractivity contribution is -0.118. The highest BCUT2D eigenvalue weighted by Crippen LogP contribution is 2.36. The van der Waals surface area contributed by atoms with Crippen LogP contribution in [0.25, 0.3) is 16.5 Å². The first-order chi connectivity index (χ1) is 14.7. The molecule has 5 nitrogen and oxygen atoms in total. The van der Waals surface area contributed by atoms with Gasteiger partial charge in [-0.3, -0.25) is 4.79 Å². The number of amides is 1. The fourth-order valence-electron chi connectivity index (χ4n) is 3.75. The Morgan fingerprint density at radius 2 is 1.87 bits per heavy atom. The minimum Gasteiger partial charge on any atom is -0.483 e. The van der Waals surface area contributed by atoms with Gasteiger partial charge in [-0.2, -0.15) is 16.9 Å². The van der Waals surface area contributed by atoms with E-state index in [1.807, 2.05) is 90.1 Å². The maximum Gasteiger partial charge on any atom is 0.263 e. The molecule has 1 aromatic heterocycles. The quantitative estimate of drug-likeness (QED) is 0.493. The zero-order valence-corrected chi connectivity index (χ0v) is 17.4. The highest BCUT2D eigenvalue weighted by molar-refractivity contribution is 7.98. The van der Waals surface area contributed by atoms with E-state index in [0.717, 1.165) is 50.6 Å². The number of nitrogens with zero attached hydrogens (tertiary/aromatic N) is 2. The molecular weight excluding hydrogens is 394 g/mol. The number of nitrogens with one attached hydrogen (secondary N) is 1. The predicted octanol–water partition coefficient (Wildman–Crippen LogP) is 5.10. The van der Waals surface area contributed by atoms with Gasteiger partial charge in [-0.15, -0.1) is 0 Å². The van der Waals surface area contributed by atoms with Crippen LogP contribution in [0.3, 0.4) is 0 Å². The van der Waals surface area contributed by atoms with Crippen LogP contribution in [-0.2, 0) is 16.3 Å². The van der Waals surface area contributed by atoms with Crippen LogP contribution >= 0.6 is 11.8 Å². The van der Waals surface area contributed by atoms with E-state index in [0.29, 0.717) is 5.75 Å². The maximum atomic E-state index is 12.8. The normalized spacial score (nSPS) is 12.7. The fourth-order valence-corrected chi connectivity index (χ4v) is 4.78. The molecule has 0 aliphatic carbocycles. The molecule has 0 spiro atoms. The Bertz CT molecular complexity index is 1240. The summed E-state index contributed by atoms with van der Waals surface area (Å²) in [5, 5.41) is 9.91. The van der Waals surface area contributed by atoms with Crippen molar-refractivity contribution in [1.82, 2.24) is 9.78 Å². The van der Waals surface area contributed by atoms with Crippen molar-refractivity contribution in [2.24, 2.45) is 0 Å². The summed E-state index contributed by atoms with van der Waals surface area (Å²) in [6, 6.07) is 21.9. The van der Waals surface area contributed by atoms with E-state index >= 15 is 0 Å². The molecule has 30 heavy (non-hydrogen) atoms. The number of hydrogen-bond acceptors (Lipinski definition) is 4. The van der Waals surface area contributed by atoms with Gasteiger partial charge in [0.2, 0.25) is 0 Å². The monoisotopic (exact) mass is 415 g/mol. The molecule has 0 saturated heterocycles. The Hall–Kier alpha value is -3.25. The van der Waals surface area contributed by atoms with Crippen molar-refractivity contribution in [3.63, 3.8) is 0 Å². The number of fused-ring (bicyclic) bond motifs is 2. The molecule has 4 aromatic rings. The summed E-state index contributed by atoms with van der Waals surface area (Å²) >= 11 is 1.81. The van der Waals surface area contributed by atoms with Crippen LogP contribution in [0.4, 0.5) is 5.82 Å². The third kappa shape index (κ3) is 3.44. The van der Waals surface area contributed by atoms with Crippen molar-refractivity contribution in [1.29, 1.82) is 0 Å². The van der Waals surface area contributed by atoms with Crippen LogP contribution in [0.15, 0.2) is 66.7 Å². The first-order valence-corrected chi connectivity index (χ1v) is 11.0. The van der Waals surface area contributed by atoms with Gasteiger partial charge in [0.1, 0.15) is 11.6 Å². The number of aryl methyl sites for hydroxylation is 1. The number of carbonyl (C=O) groups is 1. The fraction of sp³-hybridized carbons (Fsp3) is 0.167. The molecule has 0 unspecified atom stereocenters. The van der Waals surface area contributed by atoms with E-state index in [9.17, 15) is 4.79 Å². The van der Waals surface area contributed by atoms with E-state index in [1.165, 1.54) is 0 Å². The van der Waals surface area contributed by atoms with Gasteiger partial charge in [-0.1, -0.05) is 54.6 Å². The molecule has 2 heterocycles. The molecule has 0 radical (unpaired) electrons. The van der Waals surface area contributed by atoms with E-state index in [1.54, 1.807) is 0 Å². The van der Waals surface area contributed by atoms with E-state index < -0.39 is 0 Å². The lowest BCUT2D eigenvalue weighted by Gasteiger charge is -2.14. The molecule has 0 atom stereocenters. The van der Waals surface area contributed by atoms with Gasteiger partial charge in [0.15, 0.2) is 6.61 Å². The summed E-state index contributed by atoms with van der Waals surface area (Å²) in [7, 11) is 0. The first-order valence-electron chi connectivity index (χ1n) is 9.85. The molecule has 5 rings (SSSR count). The van der Waals surface area contributed by atoms with Crippen LogP contribution < -0.4 is 10.1 Å². The van der Waals surface area contributed by atoms with Crippen LogP contribution in [0.2, 0.25) is 0 Å². The summed E-state index contributed by atoms with van der Waals surface area (Å²) < 4.78 is 7.73. The largest absolute Gasteiger partial charge is 0.483 e. The molecule has 0 fully saturated rings. The summed E-state index contributed by atoms with van der Waals surface area (Å²) in [5.41, 5.74) is 4.21. The molecule has 1 N–H and O–H groups in total. The number of thioether (sulfide) groups is 1. The Labute approximate surface area is 179 Å². The second kappa shape index (κ2) is 7.88. The number of para-hydroxylation sites is 1. The number of rotatable bonds is 5. The van der Waals surface area contributed by atoms with E-state index in [-0.39, 0.29) is 12.5 Å². The van der Waals surface area contributed by atoms with E-state index in [2.05, 4.69) is 5.32 Å². The minimum absolute atomic E-state index is 0.0606. The van der Waals surface area contributed by atoms with Crippen LogP contribution in [-0.4, -0.2) is 22.3 Å². The Morgan fingerprint density at radius 3 is 2.77 bits per heavy atom. The number of anilines is 1. The van der Waals surface area contributed by atoms with Gasteiger partial charge in [0, 0.05) is 22.5 Å². The van der Waals surface area contributed by atoms with Crippen LogP contribution in [0.1, 0.15) is 16.8 Å². The van der Waals surface area contributed by atoms with Crippen molar-refractivity contribution >= 4 is 34.3 Å². The Morgan fingerprint density at radius 1 is 1.07 bits per heavy atom. The third-order valence-corrected chi connectivity index (χ3v) is 6.23. The molecular formula is C24H21N3O2S. The molecule has 1 aliphatic rings. The predicted molar refractivity (Wildman–Crippen MR) is 121 cm³/mol. The lowest BCUT2D eigenvalue weighted by atomic mass is 10.1. The van der Waals surface area contributed by atoms with Crippen LogP contribution in [0, 0.1) is 6.92 Å². The summed E-state index contributed by atoms with van der Waals surface area (Å²) in [4.78, 5) is 12.8. The van der Waals surface area contributed by atoms with Gasteiger partial charge < -0.3 is 10.1 Å². The summed E-state index contributed by atoms with van der Waals surface area (Å²) in [5.74, 6) is 2.97. The summed E-state index contributed by atoms with van der Waals surface area (Å²) in [6.45, 7) is 1.99. The number of aromatic nitrogens is 2. The van der Waals surface area contributed by atoms with E-state index in [4.69, 9.17) is 9.84 Å². The lowest BCUT2D eigenvalue weighted by Crippen LogP contribution is -2.22. The molecule has 6 heteroatoms. The highest BCUT2D eigenvalue weighted by atomic mass is 32.2. The van der Waals surface area contributed by atoms with Gasteiger partial charge >= 0.3 is 0 Å². The van der Waals surface area contributed by atoms with Crippen molar-refractivity contribution < 1.29 is 9.53 Å². The van der Waals surface area contributed by atoms with Gasteiger partial charge in [0.25, 0.3) is 5.91 Å². The Kier molecular flexibility index (Phi) is 4.93. The second-order valence-electron chi connectivity index (χ2n) is 7.28. The van der Waals surface area contributed by atoms with Crippen molar-refractivity contribution in [3.8, 4) is 11.4 Å². The van der Waals surface area contributed by atoms with Gasteiger partial charge in [0.05, 0.1) is 11.4 Å². The van der Waals surface area contributed by atoms with Gasteiger partial charge in [-0.05, 0) is 30.0 Å². The minimum atomic E-state index is -0.197. The molecule has 1 aliphatic heterocycles. The van der Waals surface area contributed by atoms with Crippen molar-refractivity contribution in [2.45, 2.75) is 18.4 Å². The maximum absolute atomic E-state index is 12.8. The number of ether oxygens (including phenoxy) is 1. The average molecular weight is 416 g/mol. The third-order valence-electron chi connectivity index (χ3n) is 5.26. The number of benzene rings is 3. The molecule has 0 bridgehead atoms.